The Labute approximate surface area is 173 Å². The molecule has 0 fully saturated rings. The third kappa shape index (κ3) is 5.81. The summed E-state index contributed by atoms with van der Waals surface area (Å²) in [5.74, 6) is -0.274. The Morgan fingerprint density at radius 3 is 2.14 bits per heavy atom. The first-order valence-electron chi connectivity index (χ1n) is 10.2. The number of aryl methyl sites for hydroxylation is 2. The number of carbonyl (C=O) groups excluding carboxylic acids is 1. The van der Waals surface area contributed by atoms with E-state index in [4.69, 9.17) is 15.9 Å². The van der Waals surface area contributed by atoms with Crippen LogP contribution in [-0.4, -0.2) is 36.6 Å². The molecule has 0 saturated carbocycles. The lowest BCUT2D eigenvalue weighted by molar-refractivity contribution is 0.111. The number of carbonyl (C=O) groups is 1. The first kappa shape index (κ1) is 22.4. The molecule has 0 aliphatic rings. The number of benzene rings is 2. The van der Waals surface area contributed by atoms with Crippen LogP contribution in [0.15, 0.2) is 48.5 Å². The summed E-state index contributed by atoms with van der Waals surface area (Å²) in [5, 5.41) is 7.91. The molecule has 156 valence electrons. The summed E-state index contributed by atoms with van der Waals surface area (Å²) < 4.78 is 5.69. The highest BCUT2D eigenvalue weighted by atomic mass is 16.5. The van der Waals surface area contributed by atoms with Gasteiger partial charge in [-0.15, -0.1) is 0 Å². The Hall–Kier alpha value is -2.86. The van der Waals surface area contributed by atoms with Crippen LogP contribution >= 0.6 is 0 Å². The normalized spacial score (nSPS) is 10.6. The molecule has 0 aromatic heterocycles. The highest BCUT2D eigenvalue weighted by Gasteiger charge is 2.26. The molecule has 0 radical (unpaired) electrons. The van der Waals surface area contributed by atoms with E-state index in [1.54, 1.807) is 4.90 Å². The zero-order valence-electron chi connectivity index (χ0n) is 17.6. The van der Waals surface area contributed by atoms with Crippen LogP contribution in [0.4, 0.5) is 10.5 Å². The fourth-order valence-corrected chi connectivity index (χ4v) is 3.34. The van der Waals surface area contributed by atoms with Crippen molar-refractivity contribution in [2.75, 3.05) is 24.6 Å². The number of nitrogens with zero attached hydrogens (tertiary/aromatic N) is 2. The summed E-state index contributed by atoms with van der Waals surface area (Å²) in [6.07, 6.45) is 1.65. The average molecular weight is 397 g/mol. The minimum absolute atomic E-state index is 0.229. The largest absolute Gasteiger partial charge is 0.375 e. The lowest BCUT2D eigenvalue weighted by Gasteiger charge is -2.31. The standard InChI is InChI=1S/C23H32N4O2/c1-4-19-13-10-14-20(5-2)21(19)26(6-3)23(28)27(22(24)25)15-16-29-17-18-11-8-7-9-12-18/h7-14H,4-6,15-17H2,1-3H3,(H3,24,25). The summed E-state index contributed by atoms with van der Waals surface area (Å²) >= 11 is 0. The number of hydrogen-bond acceptors (Lipinski definition) is 3. The zero-order valence-corrected chi connectivity index (χ0v) is 17.6. The van der Waals surface area contributed by atoms with E-state index in [0.717, 1.165) is 35.2 Å². The number of nitrogens with one attached hydrogen (secondary N) is 1. The van der Waals surface area contributed by atoms with Gasteiger partial charge in [-0.1, -0.05) is 62.4 Å². The Morgan fingerprint density at radius 2 is 1.62 bits per heavy atom. The smallest absolute Gasteiger partial charge is 0.331 e. The SMILES string of the molecule is CCc1cccc(CC)c1N(CC)C(=O)N(CCOCc1ccccc1)C(=N)N. The average Bonchev–Trinajstić information content (AvgIpc) is 2.74. The van der Waals surface area contributed by atoms with Crippen molar-refractivity contribution >= 4 is 17.7 Å². The topological polar surface area (TPSA) is 82.7 Å². The van der Waals surface area contributed by atoms with Crippen molar-refractivity contribution in [1.82, 2.24) is 4.90 Å². The molecule has 0 aliphatic carbocycles. The predicted molar refractivity (Wildman–Crippen MR) is 118 cm³/mol. The summed E-state index contributed by atoms with van der Waals surface area (Å²) in [5.41, 5.74) is 9.97. The van der Waals surface area contributed by atoms with E-state index >= 15 is 0 Å². The van der Waals surface area contributed by atoms with Crippen molar-refractivity contribution in [3.8, 4) is 0 Å². The van der Waals surface area contributed by atoms with Crippen molar-refractivity contribution in [3.63, 3.8) is 0 Å². The summed E-state index contributed by atoms with van der Waals surface area (Å²) in [4.78, 5) is 16.3. The van der Waals surface area contributed by atoms with E-state index in [9.17, 15) is 4.79 Å². The molecule has 6 nitrogen and oxygen atoms in total. The van der Waals surface area contributed by atoms with Crippen molar-refractivity contribution in [1.29, 1.82) is 5.41 Å². The predicted octanol–water partition coefficient (Wildman–Crippen LogP) is 4.17. The fourth-order valence-electron chi connectivity index (χ4n) is 3.34. The van der Waals surface area contributed by atoms with Gasteiger partial charge in [-0.2, -0.15) is 0 Å². The monoisotopic (exact) mass is 396 g/mol. The second-order valence-corrected chi connectivity index (χ2v) is 6.73. The highest BCUT2D eigenvalue weighted by molar-refractivity contribution is 6.03. The van der Waals surface area contributed by atoms with Gasteiger partial charge < -0.3 is 10.5 Å². The Kier molecular flexibility index (Phi) is 8.68. The first-order valence-corrected chi connectivity index (χ1v) is 10.2. The number of hydrogen-bond donors (Lipinski definition) is 2. The maximum Gasteiger partial charge on any atom is 0.331 e. The van der Waals surface area contributed by atoms with Gasteiger partial charge in [-0.3, -0.25) is 15.2 Å². The van der Waals surface area contributed by atoms with Crippen LogP contribution in [0, 0.1) is 5.41 Å². The number of ether oxygens (including phenoxy) is 1. The van der Waals surface area contributed by atoms with Crippen LogP contribution in [0.2, 0.25) is 0 Å². The summed E-state index contributed by atoms with van der Waals surface area (Å²) in [7, 11) is 0. The molecule has 0 spiro atoms. The van der Waals surface area contributed by atoms with Gasteiger partial charge in [0.15, 0.2) is 5.96 Å². The van der Waals surface area contributed by atoms with Crippen LogP contribution in [-0.2, 0) is 24.2 Å². The van der Waals surface area contributed by atoms with Crippen LogP contribution in [0.25, 0.3) is 0 Å². The first-order chi connectivity index (χ1) is 14.0. The maximum atomic E-state index is 13.3. The highest BCUT2D eigenvalue weighted by Crippen LogP contribution is 2.28. The third-order valence-corrected chi connectivity index (χ3v) is 4.87. The molecule has 0 atom stereocenters. The molecule has 0 saturated heterocycles. The van der Waals surface area contributed by atoms with E-state index in [-0.39, 0.29) is 18.5 Å². The minimum Gasteiger partial charge on any atom is -0.375 e. The maximum absolute atomic E-state index is 13.3. The van der Waals surface area contributed by atoms with Crippen LogP contribution in [0.1, 0.15) is 37.5 Å². The number of amides is 2. The molecule has 6 heteroatoms. The molecule has 0 bridgehead atoms. The molecular formula is C23H32N4O2. The number of nitrogens with two attached hydrogens (primary N) is 1. The van der Waals surface area contributed by atoms with Gasteiger partial charge in [0.1, 0.15) is 0 Å². The van der Waals surface area contributed by atoms with Crippen molar-refractivity contribution in [2.45, 2.75) is 40.2 Å². The van der Waals surface area contributed by atoms with Gasteiger partial charge >= 0.3 is 6.03 Å². The Morgan fingerprint density at radius 1 is 1.00 bits per heavy atom. The van der Waals surface area contributed by atoms with Crippen molar-refractivity contribution in [3.05, 3.63) is 65.2 Å². The van der Waals surface area contributed by atoms with Gasteiger partial charge in [-0.05, 0) is 36.5 Å². The van der Waals surface area contributed by atoms with E-state index in [0.29, 0.717) is 19.8 Å². The summed E-state index contributed by atoms with van der Waals surface area (Å²) in [6.45, 7) is 7.58. The number of urea groups is 1. The van der Waals surface area contributed by atoms with Gasteiger partial charge in [0.05, 0.1) is 25.4 Å². The van der Waals surface area contributed by atoms with Crippen LogP contribution < -0.4 is 10.6 Å². The Bertz CT molecular complexity index is 786. The molecule has 2 aromatic rings. The second-order valence-electron chi connectivity index (χ2n) is 6.73. The van der Waals surface area contributed by atoms with Gasteiger partial charge in [0.2, 0.25) is 0 Å². The van der Waals surface area contributed by atoms with Gasteiger partial charge in [0, 0.05) is 6.54 Å². The number of para-hydroxylation sites is 1. The van der Waals surface area contributed by atoms with Crippen molar-refractivity contribution in [2.24, 2.45) is 5.73 Å². The summed E-state index contributed by atoms with van der Waals surface area (Å²) in [6, 6.07) is 15.7. The number of anilines is 1. The van der Waals surface area contributed by atoms with E-state index < -0.39 is 0 Å². The molecule has 0 unspecified atom stereocenters. The zero-order chi connectivity index (χ0) is 21.2. The van der Waals surface area contributed by atoms with E-state index in [1.165, 1.54) is 4.90 Å². The minimum atomic E-state index is -0.293. The molecule has 2 aromatic carbocycles. The van der Waals surface area contributed by atoms with Gasteiger partial charge in [-0.25, -0.2) is 4.79 Å². The molecule has 2 rings (SSSR count). The van der Waals surface area contributed by atoms with Crippen molar-refractivity contribution < 1.29 is 9.53 Å². The fraction of sp³-hybridized carbons (Fsp3) is 0.391. The van der Waals surface area contributed by atoms with E-state index in [2.05, 4.69) is 13.8 Å². The molecule has 0 aliphatic heterocycles. The molecular weight excluding hydrogens is 364 g/mol. The quantitative estimate of drug-likeness (QED) is 0.379. The molecule has 29 heavy (non-hydrogen) atoms. The van der Waals surface area contributed by atoms with E-state index in [1.807, 2.05) is 55.5 Å². The number of guanidine groups is 1. The molecule has 0 heterocycles. The van der Waals surface area contributed by atoms with Crippen LogP contribution in [0.5, 0.6) is 0 Å². The number of rotatable bonds is 9. The third-order valence-electron chi connectivity index (χ3n) is 4.87. The lowest BCUT2D eigenvalue weighted by Crippen LogP contribution is -2.50. The second kappa shape index (κ2) is 11.2. The molecule has 3 N–H and O–H groups in total. The lowest BCUT2D eigenvalue weighted by atomic mass is 10.0. The molecule has 2 amide bonds. The van der Waals surface area contributed by atoms with Gasteiger partial charge in [0.25, 0.3) is 0 Å². The van der Waals surface area contributed by atoms with Crippen LogP contribution in [0.3, 0.4) is 0 Å². The Balaban J connectivity index is 2.13.